The van der Waals surface area contributed by atoms with Gasteiger partial charge in [0.2, 0.25) is 5.82 Å². The van der Waals surface area contributed by atoms with Gasteiger partial charge in [0.15, 0.2) is 0 Å². The largest absolute Gasteiger partial charge is 0.378 e. The summed E-state index contributed by atoms with van der Waals surface area (Å²) in [5, 5.41) is 19.9. The maximum atomic E-state index is 11.1. The smallest absolute Gasteiger partial charge is 0.314 e. The third kappa shape index (κ3) is 2.92. The van der Waals surface area contributed by atoms with Crippen LogP contribution in [0.25, 0.3) is 0 Å². The van der Waals surface area contributed by atoms with Gasteiger partial charge in [0.25, 0.3) is 0 Å². The average molecular weight is 333 g/mol. The number of aromatic nitrogens is 1. The Kier molecular flexibility index (Phi) is 3.96. The first-order chi connectivity index (χ1) is 9.51. The van der Waals surface area contributed by atoms with Crippen molar-refractivity contribution < 1.29 is 4.92 Å². The van der Waals surface area contributed by atoms with E-state index in [0.29, 0.717) is 22.2 Å². The number of nitrogen functional groups attached to an aromatic ring is 1. The molecule has 1 aromatic heterocycles. The second kappa shape index (κ2) is 5.67. The van der Waals surface area contributed by atoms with Gasteiger partial charge < -0.3 is 5.73 Å². The SMILES string of the molecule is N#Cc1cccc(Cc2cc(Br)nc(N)c2[N+](=O)[O-])c1. The second-order valence-corrected chi connectivity index (χ2v) is 4.90. The Morgan fingerprint density at radius 1 is 1.45 bits per heavy atom. The van der Waals surface area contributed by atoms with Crippen molar-refractivity contribution >= 4 is 27.4 Å². The fourth-order valence-electron chi connectivity index (χ4n) is 1.89. The molecule has 2 N–H and O–H groups in total. The maximum Gasteiger partial charge on any atom is 0.314 e. The van der Waals surface area contributed by atoms with Crippen molar-refractivity contribution in [3.63, 3.8) is 0 Å². The molecule has 20 heavy (non-hydrogen) atoms. The Morgan fingerprint density at radius 2 is 2.20 bits per heavy atom. The number of nitriles is 1. The highest BCUT2D eigenvalue weighted by atomic mass is 79.9. The van der Waals surface area contributed by atoms with Crippen molar-refractivity contribution in [1.29, 1.82) is 5.26 Å². The fourth-order valence-corrected chi connectivity index (χ4v) is 2.36. The molecule has 0 bridgehead atoms. The number of benzene rings is 1. The number of nitrogens with two attached hydrogens (primary N) is 1. The second-order valence-electron chi connectivity index (χ2n) is 4.08. The number of halogens is 1. The highest BCUT2D eigenvalue weighted by Gasteiger charge is 2.20. The first-order valence-electron chi connectivity index (χ1n) is 5.59. The Hall–Kier alpha value is -2.46. The standard InChI is InChI=1S/C13H9BrN4O2/c14-11-6-10(12(18(19)20)13(16)17-11)5-8-2-1-3-9(4-8)7-15/h1-4,6H,5H2,(H2,16,17). The van der Waals surface area contributed by atoms with Crippen LogP contribution in [0.4, 0.5) is 11.5 Å². The molecule has 1 heterocycles. The Morgan fingerprint density at radius 3 is 2.85 bits per heavy atom. The first-order valence-corrected chi connectivity index (χ1v) is 6.39. The number of nitro groups is 1. The molecule has 6 nitrogen and oxygen atoms in total. The number of pyridine rings is 1. The lowest BCUT2D eigenvalue weighted by atomic mass is 10.0. The summed E-state index contributed by atoms with van der Waals surface area (Å²) in [7, 11) is 0. The number of anilines is 1. The molecule has 0 radical (unpaired) electrons. The first kappa shape index (κ1) is 14.0. The van der Waals surface area contributed by atoms with Crippen LogP contribution in [0.1, 0.15) is 16.7 Å². The van der Waals surface area contributed by atoms with Crippen LogP contribution in [-0.2, 0) is 6.42 Å². The van der Waals surface area contributed by atoms with E-state index in [9.17, 15) is 10.1 Å². The minimum Gasteiger partial charge on any atom is -0.378 e. The normalized spacial score (nSPS) is 10.0. The van der Waals surface area contributed by atoms with Crippen LogP contribution in [0, 0.1) is 21.4 Å². The molecule has 7 heteroatoms. The van der Waals surface area contributed by atoms with Crippen LogP contribution < -0.4 is 5.73 Å². The zero-order valence-electron chi connectivity index (χ0n) is 10.2. The molecule has 0 spiro atoms. The molecule has 0 amide bonds. The molecule has 0 aliphatic heterocycles. The van der Waals surface area contributed by atoms with Gasteiger partial charge in [-0.25, -0.2) is 4.98 Å². The topological polar surface area (TPSA) is 106 Å². The van der Waals surface area contributed by atoms with E-state index in [4.69, 9.17) is 11.0 Å². The van der Waals surface area contributed by atoms with E-state index in [1.165, 1.54) is 0 Å². The van der Waals surface area contributed by atoms with E-state index in [1.807, 2.05) is 6.07 Å². The Balaban J connectivity index is 2.47. The van der Waals surface area contributed by atoms with Gasteiger partial charge in [-0.1, -0.05) is 12.1 Å². The molecule has 0 saturated heterocycles. The fraction of sp³-hybridized carbons (Fsp3) is 0.0769. The summed E-state index contributed by atoms with van der Waals surface area (Å²) in [4.78, 5) is 14.4. The number of nitrogens with zero attached hydrogens (tertiary/aromatic N) is 3. The van der Waals surface area contributed by atoms with E-state index in [1.54, 1.807) is 30.3 Å². The van der Waals surface area contributed by atoms with Gasteiger partial charge >= 0.3 is 5.69 Å². The van der Waals surface area contributed by atoms with Crippen LogP contribution in [0.2, 0.25) is 0 Å². The molecule has 0 unspecified atom stereocenters. The van der Waals surface area contributed by atoms with Crippen molar-refractivity contribution in [2.75, 3.05) is 5.73 Å². The average Bonchev–Trinajstić information content (AvgIpc) is 2.37. The van der Waals surface area contributed by atoms with Gasteiger partial charge in [0.1, 0.15) is 4.60 Å². The molecule has 0 fully saturated rings. The molecule has 1 aromatic carbocycles. The number of rotatable bonds is 3. The van der Waals surface area contributed by atoms with Crippen molar-refractivity contribution in [3.05, 3.63) is 61.7 Å². The number of hydrogen-bond donors (Lipinski definition) is 1. The summed E-state index contributed by atoms with van der Waals surface area (Å²) in [6.45, 7) is 0. The summed E-state index contributed by atoms with van der Waals surface area (Å²) in [5.41, 5.74) is 7.15. The van der Waals surface area contributed by atoms with Gasteiger partial charge in [-0.2, -0.15) is 5.26 Å². The summed E-state index contributed by atoms with van der Waals surface area (Å²) in [6, 6.07) is 10.5. The third-order valence-electron chi connectivity index (χ3n) is 2.70. The molecule has 0 aliphatic carbocycles. The lowest BCUT2D eigenvalue weighted by Crippen LogP contribution is -2.04. The molecular weight excluding hydrogens is 324 g/mol. The zero-order chi connectivity index (χ0) is 14.7. The van der Waals surface area contributed by atoms with Crippen LogP contribution >= 0.6 is 15.9 Å². The van der Waals surface area contributed by atoms with Crippen LogP contribution in [0.15, 0.2) is 34.9 Å². The number of hydrogen-bond acceptors (Lipinski definition) is 5. The van der Waals surface area contributed by atoms with E-state index in [-0.39, 0.29) is 11.5 Å². The van der Waals surface area contributed by atoms with Crippen molar-refractivity contribution in [2.45, 2.75) is 6.42 Å². The Bertz CT molecular complexity index is 725. The predicted octanol–water partition coefficient (Wildman–Crippen LogP) is 2.80. The van der Waals surface area contributed by atoms with Gasteiger partial charge in [-0.05, 0) is 39.7 Å². The predicted molar refractivity (Wildman–Crippen MR) is 77.0 cm³/mol. The molecule has 0 aliphatic rings. The van der Waals surface area contributed by atoms with Crippen LogP contribution in [-0.4, -0.2) is 9.91 Å². The lowest BCUT2D eigenvalue weighted by molar-refractivity contribution is -0.384. The quantitative estimate of drug-likeness (QED) is 0.528. The summed E-state index contributed by atoms with van der Waals surface area (Å²) in [6.07, 6.45) is 0.303. The minimum atomic E-state index is -0.543. The monoisotopic (exact) mass is 332 g/mol. The third-order valence-corrected chi connectivity index (χ3v) is 3.11. The molecule has 100 valence electrons. The van der Waals surface area contributed by atoms with E-state index < -0.39 is 4.92 Å². The summed E-state index contributed by atoms with van der Waals surface area (Å²) in [5.74, 6) is -0.129. The summed E-state index contributed by atoms with van der Waals surface area (Å²) >= 11 is 3.17. The zero-order valence-corrected chi connectivity index (χ0v) is 11.8. The minimum absolute atomic E-state index is 0.129. The molecule has 2 rings (SSSR count). The van der Waals surface area contributed by atoms with E-state index in [2.05, 4.69) is 20.9 Å². The maximum absolute atomic E-state index is 11.1. The van der Waals surface area contributed by atoms with Crippen molar-refractivity contribution in [1.82, 2.24) is 4.98 Å². The van der Waals surface area contributed by atoms with Gasteiger partial charge in [0, 0.05) is 12.0 Å². The summed E-state index contributed by atoms with van der Waals surface area (Å²) < 4.78 is 0.437. The van der Waals surface area contributed by atoms with Gasteiger partial charge in [-0.3, -0.25) is 10.1 Å². The molecule has 0 saturated carbocycles. The van der Waals surface area contributed by atoms with Gasteiger partial charge in [-0.15, -0.1) is 0 Å². The van der Waals surface area contributed by atoms with Crippen molar-refractivity contribution in [3.8, 4) is 6.07 Å². The highest BCUT2D eigenvalue weighted by molar-refractivity contribution is 9.10. The van der Waals surface area contributed by atoms with Crippen molar-refractivity contribution in [2.24, 2.45) is 0 Å². The highest BCUT2D eigenvalue weighted by Crippen LogP contribution is 2.29. The lowest BCUT2D eigenvalue weighted by Gasteiger charge is -2.06. The molecule has 2 aromatic rings. The van der Waals surface area contributed by atoms with Gasteiger partial charge in [0.05, 0.1) is 16.6 Å². The molecule has 0 atom stereocenters. The van der Waals surface area contributed by atoms with Crippen LogP contribution in [0.5, 0.6) is 0 Å². The Labute approximate surface area is 123 Å². The van der Waals surface area contributed by atoms with E-state index >= 15 is 0 Å². The van der Waals surface area contributed by atoms with Crippen LogP contribution in [0.3, 0.4) is 0 Å². The molecular formula is C13H9BrN4O2. The van der Waals surface area contributed by atoms with E-state index in [0.717, 1.165) is 5.56 Å².